The molecule has 4 nitrogen and oxygen atoms in total. The average molecular weight is 389 g/mol. The van der Waals surface area contributed by atoms with Gasteiger partial charge in [0, 0.05) is 15.9 Å². The molecule has 7 heteroatoms. The van der Waals surface area contributed by atoms with E-state index in [1.165, 1.54) is 0 Å². The van der Waals surface area contributed by atoms with Gasteiger partial charge in [0.25, 0.3) is 0 Å². The summed E-state index contributed by atoms with van der Waals surface area (Å²) in [5, 5.41) is 5.28. The Morgan fingerprint density at radius 1 is 1.29 bits per heavy atom. The lowest BCUT2D eigenvalue weighted by atomic mass is 10.2. The van der Waals surface area contributed by atoms with Crippen LogP contribution in [0.3, 0.4) is 0 Å². The first-order valence-corrected chi connectivity index (χ1v) is 9.69. The van der Waals surface area contributed by atoms with E-state index >= 15 is 0 Å². The van der Waals surface area contributed by atoms with Crippen molar-refractivity contribution in [2.45, 2.75) is 24.8 Å². The summed E-state index contributed by atoms with van der Waals surface area (Å²) in [4.78, 5) is 1.40. The van der Waals surface area contributed by atoms with Crippen molar-refractivity contribution in [3.05, 3.63) is 45.1 Å². The maximum absolute atomic E-state index is 12.2. The van der Waals surface area contributed by atoms with E-state index < -0.39 is 10.0 Å². The molecule has 0 aliphatic rings. The van der Waals surface area contributed by atoms with Crippen molar-refractivity contribution in [2.24, 2.45) is 0 Å². The molecule has 1 aromatic heterocycles. The monoisotopic (exact) mass is 388 g/mol. The fraction of sp³-hybridized carbons (Fsp3) is 0.286. The Bertz CT molecular complexity index is 713. The van der Waals surface area contributed by atoms with Gasteiger partial charge in [-0.15, -0.1) is 11.3 Å². The van der Waals surface area contributed by atoms with Gasteiger partial charge in [-0.2, -0.15) is 0 Å². The minimum absolute atomic E-state index is 0.0114. The maximum atomic E-state index is 12.2. The summed E-state index contributed by atoms with van der Waals surface area (Å²) < 4.78 is 28.0. The summed E-state index contributed by atoms with van der Waals surface area (Å²) in [5.74, 6) is 0. The normalized spacial score (nSPS) is 13.1. The van der Waals surface area contributed by atoms with E-state index in [2.05, 4.69) is 26.0 Å². The van der Waals surface area contributed by atoms with Crippen LogP contribution in [-0.4, -0.2) is 15.0 Å². The number of sulfonamides is 1. The number of halogens is 1. The number of nitrogens with one attached hydrogen (secondary N) is 2. The van der Waals surface area contributed by atoms with Crippen LogP contribution in [0.4, 0.5) is 5.69 Å². The second kappa shape index (κ2) is 6.91. The van der Waals surface area contributed by atoms with E-state index in [4.69, 9.17) is 0 Å². The molecular formula is C14H17BrN2O2S2. The van der Waals surface area contributed by atoms with Crippen molar-refractivity contribution in [2.75, 3.05) is 11.9 Å². The summed E-state index contributed by atoms with van der Waals surface area (Å²) in [5.41, 5.74) is 0.603. The lowest BCUT2D eigenvalue weighted by Crippen LogP contribution is -2.24. The largest absolute Gasteiger partial charge is 0.377 e. The molecule has 1 atom stereocenters. The molecule has 21 heavy (non-hydrogen) atoms. The summed E-state index contributed by atoms with van der Waals surface area (Å²) >= 11 is 5.13. The molecule has 0 amide bonds. The van der Waals surface area contributed by atoms with Gasteiger partial charge in [-0.25, -0.2) is 13.1 Å². The molecule has 0 spiro atoms. The number of rotatable bonds is 6. The van der Waals surface area contributed by atoms with Gasteiger partial charge in [-0.3, -0.25) is 0 Å². The molecule has 1 aromatic carbocycles. The quantitative estimate of drug-likeness (QED) is 0.786. The fourth-order valence-corrected chi connectivity index (χ4v) is 4.94. The molecule has 2 N–H and O–H groups in total. The van der Waals surface area contributed by atoms with Crippen molar-refractivity contribution < 1.29 is 8.42 Å². The number of hydrogen-bond donors (Lipinski definition) is 2. The van der Waals surface area contributed by atoms with Gasteiger partial charge in [-0.05, 0) is 46.4 Å². The van der Waals surface area contributed by atoms with Gasteiger partial charge < -0.3 is 5.32 Å². The first kappa shape index (κ1) is 16.5. The predicted molar refractivity (Wildman–Crippen MR) is 91.4 cm³/mol. The van der Waals surface area contributed by atoms with Gasteiger partial charge in [0.2, 0.25) is 10.0 Å². The summed E-state index contributed by atoms with van der Waals surface area (Å²) in [6.07, 6.45) is 0. The first-order chi connectivity index (χ1) is 9.95. The Hall–Kier alpha value is -0.890. The highest BCUT2D eigenvalue weighted by molar-refractivity contribution is 9.10. The van der Waals surface area contributed by atoms with Gasteiger partial charge in [-0.1, -0.05) is 19.1 Å². The van der Waals surface area contributed by atoms with Crippen LogP contribution in [-0.2, 0) is 10.0 Å². The third-order valence-corrected chi connectivity index (χ3v) is 6.58. The molecule has 0 bridgehead atoms. The molecule has 0 aliphatic carbocycles. The topological polar surface area (TPSA) is 58.2 Å². The number of hydrogen-bond acceptors (Lipinski definition) is 4. The Labute approximate surface area is 137 Å². The number of benzene rings is 1. The van der Waals surface area contributed by atoms with Gasteiger partial charge >= 0.3 is 0 Å². The lowest BCUT2D eigenvalue weighted by Gasteiger charge is -2.17. The molecule has 0 saturated carbocycles. The smallest absolute Gasteiger partial charge is 0.242 e. The van der Waals surface area contributed by atoms with Crippen LogP contribution in [0.5, 0.6) is 0 Å². The molecule has 0 aliphatic heterocycles. The van der Waals surface area contributed by atoms with Crippen molar-refractivity contribution >= 4 is 43.0 Å². The Balaban J connectivity index is 2.31. The lowest BCUT2D eigenvalue weighted by molar-refractivity contribution is 0.584. The van der Waals surface area contributed by atoms with Gasteiger partial charge in [0.1, 0.15) is 4.90 Å². The average Bonchev–Trinajstić information content (AvgIpc) is 2.85. The fourth-order valence-electron chi connectivity index (χ4n) is 2.00. The molecule has 0 radical (unpaired) electrons. The molecule has 1 heterocycles. The van der Waals surface area contributed by atoms with Crippen LogP contribution in [0.1, 0.15) is 24.8 Å². The standard InChI is InChI=1S/C14H17BrN2O2S2/c1-3-16-21(18,19)13-7-5-4-6-12(13)17-10(2)14-11(15)8-9-20-14/h4-10,16-17H,3H2,1-2H3. The second-order valence-corrected chi connectivity index (χ2v) is 8.03. The molecule has 0 saturated heterocycles. The van der Waals surface area contributed by atoms with E-state index in [1.807, 2.05) is 24.4 Å². The van der Waals surface area contributed by atoms with Gasteiger partial charge in [0.15, 0.2) is 0 Å². The highest BCUT2D eigenvalue weighted by atomic mass is 79.9. The minimum Gasteiger partial charge on any atom is -0.377 e. The maximum Gasteiger partial charge on any atom is 0.242 e. The van der Waals surface area contributed by atoms with E-state index in [-0.39, 0.29) is 10.9 Å². The van der Waals surface area contributed by atoms with Crippen molar-refractivity contribution in [3.8, 4) is 0 Å². The SMILES string of the molecule is CCNS(=O)(=O)c1ccccc1NC(C)c1sccc1Br. The molecule has 1 unspecified atom stereocenters. The van der Waals surface area contributed by atoms with Crippen LogP contribution >= 0.6 is 27.3 Å². The number of anilines is 1. The highest BCUT2D eigenvalue weighted by Gasteiger charge is 2.19. The van der Waals surface area contributed by atoms with Crippen LogP contribution in [0.2, 0.25) is 0 Å². The third kappa shape index (κ3) is 3.85. The zero-order valence-electron chi connectivity index (χ0n) is 11.8. The molecule has 2 rings (SSSR count). The van der Waals surface area contributed by atoms with Crippen molar-refractivity contribution in [1.82, 2.24) is 4.72 Å². The van der Waals surface area contributed by atoms with Gasteiger partial charge in [0.05, 0.1) is 11.7 Å². The highest BCUT2D eigenvalue weighted by Crippen LogP contribution is 2.32. The van der Waals surface area contributed by atoms with Crippen molar-refractivity contribution in [1.29, 1.82) is 0 Å². The van der Waals surface area contributed by atoms with E-state index in [1.54, 1.807) is 36.5 Å². The predicted octanol–water partition coefficient (Wildman–Crippen LogP) is 3.98. The third-order valence-electron chi connectivity index (χ3n) is 2.92. The van der Waals surface area contributed by atoms with E-state index in [0.717, 1.165) is 9.35 Å². The number of thiophene rings is 1. The summed E-state index contributed by atoms with van der Waals surface area (Å²) in [6, 6.07) is 8.93. The molecule has 2 aromatic rings. The Kier molecular flexibility index (Phi) is 5.43. The zero-order chi connectivity index (χ0) is 15.5. The summed E-state index contributed by atoms with van der Waals surface area (Å²) in [6.45, 7) is 4.13. The second-order valence-electron chi connectivity index (χ2n) is 4.50. The number of para-hydroxylation sites is 1. The van der Waals surface area contributed by atoms with Crippen LogP contribution in [0.15, 0.2) is 45.1 Å². The van der Waals surface area contributed by atoms with Crippen LogP contribution < -0.4 is 10.0 Å². The van der Waals surface area contributed by atoms with E-state index in [0.29, 0.717) is 12.2 Å². The molecular weight excluding hydrogens is 372 g/mol. The first-order valence-electron chi connectivity index (χ1n) is 6.54. The molecule has 114 valence electrons. The van der Waals surface area contributed by atoms with Crippen LogP contribution in [0, 0.1) is 0 Å². The van der Waals surface area contributed by atoms with E-state index in [9.17, 15) is 8.42 Å². The Morgan fingerprint density at radius 2 is 2.00 bits per heavy atom. The van der Waals surface area contributed by atoms with Crippen molar-refractivity contribution in [3.63, 3.8) is 0 Å². The molecule has 0 fully saturated rings. The summed E-state index contributed by atoms with van der Waals surface area (Å²) in [7, 11) is -3.49. The van der Waals surface area contributed by atoms with Crippen LogP contribution in [0.25, 0.3) is 0 Å². The zero-order valence-corrected chi connectivity index (χ0v) is 15.0. The Morgan fingerprint density at radius 3 is 2.62 bits per heavy atom. The minimum atomic E-state index is -3.49.